The number of piperidine rings is 1. The van der Waals surface area contributed by atoms with Gasteiger partial charge < -0.3 is 9.64 Å². The van der Waals surface area contributed by atoms with Crippen molar-refractivity contribution in [2.45, 2.75) is 39.2 Å². The summed E-state index contributed by atoms with van der Waals surface area (Å²) in [6.45, 7) is 4.74. The first-order chi connectivity index (χ1) is 17.5. The van der Waals surface area contributed by atoms with Gasteiger partial charge in [-0.3, -0.25) is 23.9 Å². The van der Waals surface area contributed by atoms with Crippen LogP contribution in [0.3, 0.4) is 0 Å². The maximum Gasteiger partial charge on any atom is 0.309 e. The van der Waals surface area contributed by atoms with E-state index in [1.807, 2.05) is 11.0 Å². The number of nitrogens with zero attached hydrogens (tertiary/aromatic N) is 4. The molecule has 0 saturated carbocycles. The molecule has 0 spiro atoms. The summed E-state index contributed by atoms with van der Waals surface area (Å²) in [7, 11) is -1.63. The number of sulfone groups is 1. The fraction of sp³-hybridized carbons (Fsp3) is 0.542. The van der Waals surface area contributed by atoms with Crippen molar-refractivity contribution in [3.63, 3.8) is 0 Å². The molecule has 4 rings (SSSR count). The number of carbonyl (C=O) groups is 2. The second-order valence-electron chi connectivity index (χ2n) is 9.34. The fourth-order valence-electron chi connectivity index (χ4n) is 5.09. The summed E-state index contributed by atoms with van der Waals surface area (Å²) < 4.78 is 30.8. The predicted molar refractivity (Wildman–Crippen MR) is 145 cm³/mol. The number of esters is 1. The lowest BCUT2D eigenvalue weighted by atomic mass is 9.95. The molecule has 0 aliphatic carbocycles. The Morgan fingerprint density at radius 3 is 2.51 bits per heavy atom. The molecule has 0 N–H and O–H groups in total. The van der Waals surface area contributed by atoms with Crippen molar-refractivity contribution in [2.75, 3.05) is 36.1 Å². The number of aromatic nitrogens is 1. The fourth-order valence-corrected chi connectivity index (χ4v) is 8.17. The summed E-state index contributed by atoms with van der Waals surface area (Å²) in [4.78, 5) is 42.2. The molecule has 10 nitrogen and oxygen atoms in total. The Kier molecular flexibility index (Phi) is 7.83. The number of nitriles is 1. The number of thioether (sulfide) groups is 1. The minimum atomic E-state index is -3.21. The van der Waals surface area contributed by atoms with E-state index in [4.69, 9.17) is 17.0 Å². The monoisotopic (exact) mass is 564 g/mol. The Hall–Kier alpha value is -2.69. The van der Waals surface area contributed by atoms with Gasteiger partial charge in [-0.05, 0) is 44.7 Å². The highest BCUT2D eigenvalue weighted by molar-refractivity contribution is 8.26. The normalized spacial score (nSPS) is 23.1. The zero-order valence-corrected chi connectivity index (χ0v) is 23.3. The summed E-state index contributed by atoms with van der Waals surface area (Å²) in [5.41, 5.74) is 0.536. The molecule has 1 amide bonds. The number of thiocarbonyl (C=S) groups is 1. The first-order valence-corrected chi connectivity index (χ1v) is 15.1. The van der Waals surface area contributed by atoms with Crippen LogP contribution in [0.15, 0.2) is 9.70 Å². The van der Waals surface area contributed by atoms with E-state index in [-0.39, 0.29) is 39.2 Å². The molecule has 1 aromatic rings. The van der Waals surface area contributed by atoms with Crippen molar-refractivity contribution in [1.29, 1.82) is 5.26 Å². The van der Waals surface area contributed by atoms with Gasteiger partial charge in [-0.2, -0.15) is 5.26 Å². The van der Waals surface area contributed by atoms with Crippen LogP contribution in [0.2, 0.25) is 0 Å². The summed E-state index contributed by atoms with van der Waals surface area (Å²) in [6, 6.07) is 1.48. The number of ether oxygens (including phenoxy) is 1. The molecule has 1 unspecified atom stereocenters. The molecule has 3 aliphatic rings. The molecule has 3 aliphatic heterocycles. The molecule has 3 saturated heterocycles. The van der Waals surface area contributed by atoms with Crippen LogP contribution in [0.4, 0.5) is 5.82 Å². The molecule has 3 fully saturated rings. The minimum Gasteiger partial charge on any atom is -0.466 e. The molecule has 13 heteroatoms. The van der Waals surface area contributed by atoms with Gasteiger partial charge in [0.2, 0.25) is 0 Å². The summed E-state index contributed by atoms with van der Waals surface area (Å²) in [5, 5.41) is 9.68. The highest BCUT2D eigenvalue weighted by Crippen LogP contribution is 2.38. The Bertz CT molecular complexity index is 1400. The third kappa shape index (κ3) is 5.19. The molecular formula is C24H28N4O6S3. The molecule has 1 atom stereocenters. The van der Waals surface area contributed by atoms with Crippen LogP contribution in [0, 0.1) is 24.2 Å². The van der Waals surface area contributed by atoms with E-state index in [1.54, 1.807) is 27.0 Å². The van der Waals surface area contributed by atoms with Crippen LogP contribution in [0.1, 0.15) is 42.9 Å². The second kappa shape index (κ2) is 10.6. The molecule has 37 heavy (non-hydrogen) atoms. The highest BCUT2D eigenvalue weighted by Gasteiger charge is 2.42. The predicted octanol–water partition coefficient (Wildman–Crippen LogP) is 1.73. The van der Waals surface area contributed by atoms with Crippen molar-refractivity contribution >= 4 is 61.9 Å². The Balaban J connectivity index is 1.72. The zero-order chi connectivity index (χ0) is 27.1. The van der Waals surface area contributed by atoms with Crippen molar-refractivity contribution in [3.05, 3.63) is 31.9 Å². The topological polar surface area (TPSA) is 130 Å². The van der Waals surface area contributed by atoms with E-state index < -0.39 is 21.4 Å². The second-order valence-corrected chi connectivity index (χ2v) is 13.2. The quantitative estimate of drug-likeness (QED) is 0.296. The van der Waals surface area contributed by atoms with E-state index in [1.165, 1.54) is 9.47 Å². The lowest BCUT2D eigenvalue weighted by Gasteiger charge is -2.35. The third-order valence-corrected chi connectivity index (χ3v) is 10.1. The standard InChI is InChI=1S/C24H28N4O6S3/c1-4-34-23(31)15-5-8-27(9-6-15)20-17(14(2)18(12-25)21(29)26(20)3)11-19-22(30)28(24(35)36-19)16-7-10-37(32,33)13-16/h11,15-16H,4-10,13H2,1-3H3. The number of hydrogen-bond acceptors (Lipinski definition) is 10. The van der Waals surface area contributed by atoms with Crippen LogP contribution in [-0.4, -0.2) is 71.3 Å². The lowest BCUT2D eigenvalue weighted by molar-refractivity contribution is -0.148. The van der Waals surface area contributed by atoms with Gasteiger partial charge in [0.15, 0.2) is 9.84 Å². The van der Waals surface area contributed by atoms with Crippen LogP contribution in [0.25, 0.3) is 6.08 Å². The van der Waals surface area contributed by atoms with Crippen LogP contribution in [-0.2, 0) is 31.2 Å². The summed E-state index contributed by atoms with van der Waals surface area (Å²) in [5.74, 6) is -0.385. The van der Waals surface area contributed by atoms with Gasteiger partial charge in [0, 0.05) is 25.7 Å². The van der Waals surface area contributed by atoms with Gasteiger partial charge in [0.25, 0.3) is 11.5 Å². The molecule has 198 valence electrons. The zero-order valence-electron chi connectivity index (χ0n) is 20.9. The molecule has 0 bridgehead atoms. The molecule has 0 aromatic carbocycles. The van der Waals surface area contributed by atoms with Crippen LogP contribution < -0.4 is 10.5 Å². The molecule has 4 heterocycles. The number of rotatable bonds is 5. The van der Waals surface area contributed by atoms with Gasteiger partial charge in [0.05, 0.1) is 35.0 Å². The summed E-state index contributed by atoms with van der Waals surface area (Å²) in [6.07, 6.45) is 3.07. The van der Waals surface area contributed by atoms with E-state index in [0.29, 0.717) is 60.8 Å². The summed E-state index contributed by atoms with van der Waals surface area (Å²) >= 11 is 6.52. The number of carbonyl (C=O) groups excluding carboxylic acids is 2. The Morgan fingerprint density at radius 1 is 1.27 bits per heavy atom. The van der Waals surface area contributed by atoms with Gasteiger partial charge in [-0.25, -0.2) is 8.42 Å². The van der Waals surface area contributed by atoms with E-state index >= 15 is 0 Å². The number of hydrogen-bond donors (Lipinski definition) is 0. The Morgan fingerprint density at radius 2 is 1.95 bits per heavy atom. The highest BCUT2D eigenvalue weighted by atomic mass is 32.2. The van der Waals surface area contributed by atoms with E-state index in [9.17, 15) is 28.1 Å². The largest absolute Gasteiger partial charge is 0.466 e. The van der Waals surface area contributed by atoms with Crippen molar-refractivity contribution in [2.24, 2.45) is 13.0 Å². The van der Waals surface area contributed by atoms with Gasteiger partial charge in [-0.15, -0.1) is 0 Å². The van der Waals surface area contributed by atoms with E-state index in [0.717, 1.165) is 11.8 Å². The average Bonchev–Trinajstić information content (AvgIpc) is 3.35. The number of pyridine rings is 1. The van der Waals surface area contributed by atoms with Crippen molar-refractivity contribution in [1.82, 2.24) is 9.47 Å². The van der Waals surface area contributed by atoms with Crippen LogP contribution in [0.5, 0.6) is 0 Å². The smallest absolute Gasteiger partial charge is 0.309 e. The molecule has 0 radical (unpaired) electrons. The first kappa shape index (κ1) is 27.3. The third-order valence-electron chi connectivity index (χ3n) is 7.05. The van der Waals surface area contributed by atoms with Gasteiger partial charge in [-0.1, -0.05) is 24.0 Å². The van der Waals surface area contributed by atoms with Crippen molar-refractivity contribution < 1.29 is 22.7 Å². The SMILES string of the molecule is CCOC(=O)C1CCN(c2c(C=C3SC(=S)N(C4CCS(=O)(=O)C4)C3=O)c(C)c(C#N)c(=O)n2C)CC1. The lowest BCUT2D eigenvalue weighted by Crippen LogP contribution is -2.40. The van der Waals surface area contributed by atoms with E-state index in [2.05, 4.69) is 0 Å². The molecule has 1 aromatic heterocycles. The average molecular weight is 565 g/mol. The van der Waals surface area contributed by atoms with Gasteiger partial charge in [0.1, 0.15) is 21.8 Å². The van der Waals surface area contributed by atoms with Crippen LogP contribution >= 0.6 is 24.0 Å². The van der Waals surface area contributed by atoms with Crippen molar-refractivity contribution in [3.8, 4) is 6.07 Å². The maximum atomic E-state index is 13.4. The first-order valence-electron chi connectivity index (χ1n) is 12.0. The molecular weight excluding hydrogens is 536 g/mol. The minimum absolute atomic E-state index is 0.0173. The Labute approximate surface area is 225 Å². The van der Waals surface area contributed by atoms with Gasteiger partial charge >= 0.3 is 5.97 Å². The number of anilines is 1. The number of amides is 1. The maximum absolute atomic E-state index is 13.4.